The molecule has 1 aromatic rings. The second-order valence-corrected chi connectivity index (χ2v) is 3.69. The predicted molar refractivity (Wildman–Crippen MR) is 65.8 cm³/mol. The molecule has 5 heteroatoms. The average Bonchev–Trinajstić information content (AvgIpc) is 2.33. The summed E-state index contributed by atoms with van der Waals surface area (Å²) in [6, 6.07) is 1.92. The highest BCUT2D eigenvalue weighted by Gasteiger charge is 2.03. The first-order chi connectivity index (χ1) is 7.77. The van der Waals surface area contributed by atoms with Crippen molar-refractivity contribution in [1.29, 1.82) is 0 Å². The summed E-state index contributed by atoms with van der Waals surface area (Å²) in [5, 5.41) is 12.0. The molecule has 90 valence electrons. The Morgan fingerprint density at radius 2 is 2.25 bits per heavy atom. The highest BCUT2D eigenvalue weighted by atomic mass is 16.3. The van der Waals surface area contributed by atoms with Crippen molar-refractivity contribution in [2.24, 2.45) is 0 Å². The molecule has 0 saturated carbocycles. The van der Waals surface area contributed by atoms with Gasteiger partial charge in [-0.1, -0.05) is 6.92 Å². The third-order valence-electron chi connectivity index (χ3n) is 2.25. The SMILES string of the molecule is CCCNc1cc(N(C)CCCO)ncn1. The van der Waals surface area contributed by atoms with Crippen molar-refractivity contribution in [3.8, 4) is 0 Å². The summed E-state index contributed by atoms with van der Waals surface area (Å²) in [6.07, 6.45) is 3.38. The zero-order chi connectivity index (χ0) is 11.8. The molecule has 5 nitrogen and oxygen atoms in total. The van der Waals surface area contributed by atoms with Gasteiger partial charge in [0.05, 0.1) is 0 Å². The van der Waals surface area contributed by atoms with Gasteiger partial charge in [0.2, 0.25) is 0 Å². The molecule has 2 N–H and O–H groups in total. The molecule has 0 aromatic carbocycles. The highest BCUT2D eigenvalue weighted by Crippen LogP contribution is 2.12. The molecule has 0 aliphatic heterocycles. The normalized spacial score (nSPS) is 10.2. The van der Waals surface area contributed by atoms with Gasteiger partial charge < -0.3 is 15.3 Å². The molecule has 1 aromatic heterocycles. The van der Waals surface area contributed by atoms with Gasteiger partial charge in [-0.2, -0.15) is 0 Å². The third kappa shape index (κ3) is 4.02. The van der Waals surface area contributed by atoms with Crippen LogP contribution in [0.3, 0.4) is 0 Å². The molecule has 0 saturated heterocycles. The summed E-state index contributed by atoms with van der Waals surface area (Å²) >= 11 is 0. The number of aromatic nitrogens is 2. The zero-order valence-electron chi connectivity index (χ0n) is 9.98. The number of nitrogens with one attached hydrogen (secondary N) is 1. The molecule has 16 heavy (non-hydrogen) atoms. The van der Waals surface area contributed by atoms with Crippen molar-refractivity contribution in [2.75, 3.05) is 37.0 Å². The molecule has 0 atom stereocenters. The number of aliphatic hydroxyl groups excluding tert-OH is 1. The van der Waals surface area contributed by atoms with Crippen LogP contribution in [0.15, 0.2) is 12.4 Å². The van der Waals surface area contributed by atoms with E-state index >= 15 is 0 Å². The quantitative estimate of drug-likeness (QED) is 0.726. The van der Waals surface area contributed by atoms with Crippen LogP contribution in [0.1, 0.15) is 19.8 Å². The van der Waals surface area contributed by atoms with Gasteiger partial charge in [-0.05, 0) is 12.8 Å². The molecular formula is C11H20N4O. The van der Waals surface area contributed by atoms with Gasteiger partial charge in [0.25, 0.3) is 0 Å². The first-order valence-electron chi connectivity index (χ1n) is 5.65. The zero-order valence-corrected chi connectivity index (χ0v) is 9.98. The Morgan fingerprint density at radius 1 is 1.44 bits per heavy atom. The number of aliphatic hydroxyl groups is 1. The first-order valence-corrected chi connectivity index (χ1v) is 5.65. The van der Waals surface area contributed by atoms with Crippen LogP contribution in [0.2, 0.25) is 0 Å². The van der Waals surface area contributed by atoms with Gasteiger partial charge in [-0.25, -0.2) is 9.97 Å². The molecule has 1 rings (SSSR count). The van der Waals surface area contributed by atoms with Crippen LogP contribution < -0.4 is 10.2 Å². The van der Waals surface area contributed by atoms with Crippen LogP contribution >= 0.6 is 0 Å². The van der Waals surface area contributed by atoms with Crippen LogP contribution in [0, 0.1) is 0 Å². The van der Waals surface area contributed by atoms with Crippen LogP contribution in [-0.2, 0) is 0 Å². The second-order valence-electron chi connectivity index (χ2n) is 3.69. The fourth-order valence-corrected chi connectivity index (χ4v) is 1.33. The van der Waals surface area contributed by atoms with E-state index in [1.807, 2.05) is 18.0 Å². The molecule has 0 fully saturated rings. The van der Waals surface area contributed by atoms with E-state index in [-0.39, 0.29) is 6.61 Å². The van der Waals surface area contributed by atoms with Crippen molar-refractivity contribution in [1.82, 2.24) is 9.97 Å². The summed E-state index contributed by atoms with van der Waals surface area (Å²) in [6.45, 7) is 4.02. The Hall–Kier alpha value is -1.36. The minimum absolute atomic E-state index is 0.205. The third-order valence-corrected chi connectivity index (χ3v) is 2.25. The molecule has 0 radical (unpaired) electrons. The van der Waals surface area contributed by atoms with E-state index in [1.54, 1.807) is 6.33 Å². The number of nitrogens with zero attached hydrogens (tertiary/aromatic N) is 3. The van der Waals surface area contributed by atoms with Crippen molar-refractivity contribution >= 4 is 11.6 Å². The van der Waals surface area contributed by atoms with E-state index in [4.69, 9.17) is 5.11 Å². The molecule has 0 unspecified atom stereocenters. The average molecular weight is 224 g/mol. The maximum atomic E-state index is 8.76. The molecule has 0 bridgehead atoms. The lowest BCUT2D eigenvalue weighted by Crippen LogP contribution is -2.20. The Balaban J connectivity index is 2.58. The van der Waals surface area contributed by atoms with Gasteiger partial charge in [0.1, 0.15) is 18.0 Å². The van der Waals surface area contributed by atoms with Crippen LogP contribution in [0.4, 0.5) is 11.6 Å². The number of hydrogen-bond acceptors (Lipinski definition) is 5. The lowest BCUT2D eigenvalue weighted by molar-refractivity contribution is 0.290. The second kappa shape index (κ2) is 7.00. The van der Waals surface area contributed by atoms with Gasteiger partial charge >= 0.3 is 0 Å². The minimum Gasteiger partial charge on any atom is -0.396 e. The van der Waals surface area contributed by atoms with Crippen molar-refractivity contribution in [2.45, 2.75) is 19.8 Å². The Labute approximate surface area is 96.5 Å². The van der Waals surface area contributed by atoms with Crippen molar-refractivity contribution in [3.63, 3.8) is 0 Å². The largest absolute Gasteiger partial charge is 0.396 e. The van der Waals surface area contributed by atoms with Gasteiger partial charge in [0, 0.05) is 32.8 Å². The van der Waals surface area contributed by atoms with E-state index in [1.165, 1.54) is 0 Å². The first kappa shape index (κ1) is 12.7. The Morgan fingerprint density at radius 3 is 2.94 bits per heavy atom. The van der Waals surface area contributed by atoms with Crippen LogP contribution in [0.5, 0.6) is 0 Å². The summed E-state index contributed by atoms with van der Waals surface area (Å²) in [4.78, 5) is 10.3. The maximum absolute atomic E-state index is 8.76. The molecule has 0 aliphatic carbocycles. The number of anilines is 2. The maximum Gasteiger partial charge on any atom is 0.133 e. The van der Waals surface area contributed by atoms with E-state index in [9.17, 15) is 0 Å². The molecular weight excluding hydrogens is 204 g/mol. The van der Waals surface area contributed by atoms with Crippen molar-refractivity contribution < 1.29 is 5.11 Å². The van der Waals surface area contributed by atoms with E-state index in [0.29, 0.717) is 0 Å². The molecule has 1 heterocycles. The van der Waals surface area contributed by atoms with Gasteiger partial charge in [-0.3, -0.25) is 0 Å². The highest BCUT2D eigenvalue weighted by molar-refractivity contribution is 5.47. The van der Waals surface area contributed by atoms with Gasteiger partial charge in [-0.15, -0.1) is 0 Å². The summed E-state index contributed by atoms with van der Waals surface area (Å²) in [5.74, 6) is 1.73. The smallest absolute Gasteiger partial charge is 0.133 e. The molecule has 0 spiro atoms. The number of rotatable bonds is 7. The fourth-order valence-electron chi connectivity index (χ4n) is 1.33. The Kier molecular flexibility index (Phi) is 5.56. The van der Waals surface area contributed by atoms with E-state index in [2.05, 4.69) is 22.2 Å². The topological polar surface area (TPSA) is 61.3 Å². The van der Waals surface area contributed by atoms with Gasteiger partial charge in [0.15, 0.2) is 0 Å². The van der Waals surface area contributed by atoms with Crippen molar-refractivity contribution in [3.05, 3.63) is 12.4 Å². The summed E-state index contributed by atoms with van der Waals surface area (Å²) in [7, 11) is 1.96. The fraction of sp³-hybridized carbons (Fsp3) is 0.636. The lowest BCUT2D eigenvalue weighted by Gasteiger charge is -2.17. The number of hydrogen-bond donors (Lipinski definition) is 2. The summed E-state index contributed by atoms with van der Waals surface area (Å²) in [5.41, 5.74) is 0. The van der Waals surface area contributed by atoms with E-state index in [0.717, 1.165) is 37.6 Å². The lowest BCUT2D eigenvalue weighted by atomic mass is 10.4. The molecule has 0 amide bonds. The minimum atomic E-state index is 0.205. The Bertz CT molecular complexity index is 306. The predicted octanol–water partition coefficient (Wildman–Crippen LogP) is 1.12. The summed E-state index contributed by atoms with van der Waals surface area (Å²) < 4.78 is 0. The van der Waals surface area contributed by atoms with Crippen LogP contribution in [-0.4, -0.2) is 41.8 Å². The molecule has 0 aliphatic rings. The van der Waals surface area contributed by atoms with Crippen LogP contribution in [0.25, 0.3) is 0 Å². The van der Waals surface area contributed by atoms with E-state index < -0.39 is 0 Å². The standard InChI is InChI=1S/C11H20N4O/c1-3-5-12-10-8-11(14-9-13-10)15(2)6-4-7-16/h8-9,16H,3-7H2,1-2H3,(H,12,13,14). The monoisotopic (exact) mass is 224 g/mol.